The summed E-state index contributed by atoms with van der Waals surface area (Å²) in [5, 5.41) is 0. The summed E-state index contributed by atoms with van der Waals surface area (Å²) in [7, 11) is 0. The Kier molecular flexibility index (Phi) is 2.99. The first-order valence-corrected chi connectivity index (χ1v) is 5.24. The van der Waals surface area contributed by atoms with Crippen LogP contribution in [0.15, 0.2) is 24.3 Å². The largest absolute Gasteiger partial charge is 0.369 e. The molecule has 1 aliphatic rings. The summed E-state index contributed by atoms with van der Waals surface area (Å²) < 4.78 is 13.2. The molecule has 0 amide bonds. The van der Waals surface area contributed by atoms with Crippen molar-refractivity contribution in [2.75, 3.05) is 18.0 Å². The van der Waals surface area contributed by atoms with Gasteiger partial charge in [-0.1, -0.05) is 0 Å². The minimum atomic E-state index is -0.718. The molecule has 2 nitrogen and oxygen atoms in total. The first-order valence-electron chi connectivity index (χ1n) is 5.24. The predicted octanol–water partition coefficient (Wildman–Crippen LogP) is 2.44. The molecule has 1 saturated heterocycles. The summed E-state index contributed by atoms with van der Waals surface area (Å²) >= 11 is 0. The Morgan fingerprint density at radius 3 is 2.67 bits per heavy atom. The second-order valence-corrected chi connectivity index (χ2v) is 3.89. The van der Waals surface area contributed by atoms with Crippen LogP contribution in [-0.2, 0) is 0 Å². The minimum absolute atomic E-state index is 0.473. The van der Waals surface area contributed by atoms with Gasteiger partial charge in [0.15, 0.2) is 0 Å². The van der Waals surface area contributed by atoms with E-state index in [1.54, 1.807) is 12.1 Å². The van der Waals surface area contributed by atoms with Crippen LogP contribution in [0, 0.1) is 0 Å². The van der Waals surface area contributed by atoms with E-state index >= 15 is 0 Å². The molecule has 0 bridgehead atoms. The lowest BCUT2D eigenvalue weighted by atomic mass is 10.1. The summed E-state index contributed by atoms with van der Waals surface area (Å²) in [6.07, 6.45) is 1.67. The zero-order valence-corrected chi connectivity index (χ0v) is 8.53. The molecule has 0 spiro atoms. The Labute approximate surface area is 88.7 Å². The van der Waals surface area contributed by atoms with Crippen molar-refractivity contribution < 1.29 is 9.18 Å². The number of piperidine rings is 1. The molecule has 0 aromatic heterocycles. The molecule has 0 aliphatic carbocycles. The summed E-state index contributed by atoms with van der Waals surface area (Å²) in [5.41, 5.74) is 1.66. The lowest BCUT2D eigenvalue weighted by Crippen LogP contribution is -2.36. The number of alkyl halides is 1. The number of aldehydes is 1. The normalized spacial score (nSPS) is 21.4. The molecule has 15 heavy (non-hydrogen) atoms. The number of halogens is 1. The lowest BCUT2D eigenvalue weighted by molar-refractivity contribution is 0.112. The molecular formula is C12H14FNO. The highest BCUT2D eigenvalue weighted by molar-refractivity contribution is 5.75. The number of nitrogens with zero attached hydrogens (tertiary/aromatic N) is 1. The van der Waals surface area contributed by atoms with Gasteiger partial charge in [0.25, 0.3) is 0 Å². The number of hydrogen-bond donors (Lipinski definition) is 0. The average Bonchev–Trinajstić information content (AvgIpc) is 2.29. The Hall–Kier alpha value is -1.38. The summed E-state index contributed by atoms with van der Waals surface area (Å²) in [4.78, 5) is 12.5. The zero-order valence-electron chi connectivity index (χ0n) is 8.53. The summed E-state index contributed by atoms with van der Waals surface area (Å²) in [5.74, 6) is 0. The topological polar surface area (TPSA) is 20.3 Å². The van der Waals surface area contributed by atoms with Crippen LogP contribution in [0.4, 0.5) is 10.1 Å². The smallest absolute Gasteiger partial charge is 0.150 e. The van der Waals surface area contributed by atoms with Gasteiger partial charge in [-0.15, -0.1) is 0 Å². The van der Waals surface area contributed by atoms with Crippen LogP contribution in [0.2, 0.25) is 0 Å². The molecule has 1 aromatic carbocycles. The van der Waals surface area contributed by atoms with E-state index in [1.165, 1.54) is 0 Å². The number of anilines is 1. The van der Waals surface area contributed by atoms with Crippen LogP contribution < -0.4 is 4.90 Å². The summed E-state index contributed by atoms with van der Waals surface area (Å²) in [6, 6.07) is 7.29. The van der Waals surface area contributed by atoms with Crippen molar-refractivity contribution in [1.29, 1.82) is 0 Å². The van der Waals surface area contributed by atoms with Crippen LogP contribution in [0.5, 0.6) is 0 Å². The maximum absolute atomic E-state index is 13.2. The fourth-order valence-corrected chi connectivity index (χ4v) is 1.92. The van der Waals surface area contributed by atoms with Crippen molar-refractivity contribution in [3.8, 4) is 0 Å². The van der Waals surface area contributed by atoms with Gasteiger partial charge in [-0.2, -0.15) is 0 Å². The van der Waals surface area contributed by atoms with Gasteiger partial charge in [0.2, 0.25) is 0 Å². The molecule has 1 atom stereocenters. The fourth-order valence-electron chi connectivity index (χ4n) is 1.92. The van der Waals surface area contributed by atoms with Crippen molar-refractivity contribution in [2.45, 2.75) is 19.0 Å². The molecule has 80 valence electrons. The monoisotopic (exact) mass is 207 g/mol. The lowest BCUT2D eigenvalue weighted by Gasteiger charge is -2.30. The Morgan fingerprint density at radius 1 is 1.33 bits per heavy atom. The van der Waals surface area contributed by atoms with E-state index < -0.39 is 6.17 Å². The number of rotatable bonds is 2. The zero-order chi connectivity index (χ0) is 10.7. The van der Waals surface area contributed by atoms with Crippen molar-refractivity contribution >= 4 is 12.0 Å². The third-order valence-electron chi connectivity index (χ3n) is 2.76. The predicted molar refractivity (Wildman–Crippen MR) is 58.2 cm³/mol. The molecule has 1 unspecified atom stereocenters. The van der Waals surface area contributed by atoms with E-state index in [2.05, 4.69) is 0 Å². The number of carbonyl (C=O) groups excluding carboxylic acids is 1. The van der Waals surface area contributed by atoms with Gasteiger partial charge in [-0.05, 0) is 37.1 Å². The quantitative estimate of drug-likeness (QED) is 0.694. The third kappa shape index (κ3) is 2.35. The van der Waals surface area contributed by atoms with Gasteiger partial charge in [-0.3, -0.25) is 4.79 Å². The van der Waals surface area contributed by atoms with Crippen LogP contribution in [-0.4, -0.2) is 25.5 Å². The van der Waals surface area contributed by atoms with Crippen LogP contribution in [0.25, 0.3) is 0 Å². The van der Waals surface area contributed by atoms with Crippen LogP contribution in [0.3, 0.4) is 0 Å². The Balaban J connectivity index is 2.11. The van der Waals surface area contributed by atoms with Crippen molar-refractivity contribution in [2.24, 2.45) is 0 Å². The second kappa shape index (κ2) is 4.43. The summed E-state index contributed by atoms with van der Waals surface area (Å²) in [6.45, 7) is 1.38. The van der Waals surface area contributed by atoms with Gasteiger partial charge >= 0.3 is 0 Å². The highest BCUT2D eigenvalue weighted by Crippen LogP contribution is 2.21. The molecule has 0 saturated carbocycles. The third-order valence-corrected chi connectivity index (χ3v) is 2.76. The van der Waals surface area contributed by atoms with Crippen LogP contribution >= 0.6 is 0 Å². The van der Waals surface area contributed by atoms with E-state index in [4.69, 9.17) is 0 Å². The molecule has 0 radical (unpaired) electrons. The van der Waals surface area contributed by atoms with E-state index in [0.29, 0.717) is 18.5 Å². The number of hydrogen-bond acceptors (Lipinski definition) is 2. The molecule has 1 heterocycles. The van der Waals surface area contributed by atoms with E-state index in [9.17, 15) is 9.18 Å². The van der Waals surface area contributed by atoms with Gasteiger partial charge in [0.1, 0.15) is 12.5 Å². The number of carbonyl (C=O) groups is 1. The van der Waals surface area contributed by atoms with Gasteiger partial charge in [-0.25, -0.2) is 4.39 Å². The molecule has 0 N–H and O–H groups in total. The highest BCUT2D eigenvalue weighted by atomic mass is 19.1. The number of benzene rings is 1. The van der Waals surface area contributed by atoms with Gasteiger partial charge in [0, 0.05) is 24.3 Å². The Morgan fingerprint density at radius 2 is 2.07 bits per heavy atom. The standard InChI is InChI=1S/C12H14FNO/c13-11-2-1-7-14(8-11)12-5-3-10(9-15)4-6-12/h3-6,9,11H,1-2,7-8H2. The first-order chi connectivity index (χ1) is 7.29. The van der Waals surface area contributed by atoms with Crippen molar-refractivity contribution in [3.05, 3.63) is 29.8 Å². The molecular weight excluding hydrogens is 193 g/mol. The van der Waals surface area contributed by atoms with Crippen LogP contribution in [0.1, 0.15) is 23.2 Å². The molecule has 3 heteroatoms. The maximum atomic E-state index is 13.2. The average molecular weight is 207 g/mol. The molecule has 1 fully saturated rings. The molecule has 2 rings (SSSR count). The highest BCUT2D eigenvalue weighted by Gasteiger charge is 2.18. The van der Waals surface area contributed by atoms with E-state index in [-0.39, 0.29) is 0 Å². The molecule has 1 aromatic rings. The van der Waals surface area contributed by atoms with Gasteiger partial charge in [0.05, 0.1) is 0 Å². The first kappa shape index (κ1) is 10.1. The fraction of sp³-hybridized carbons (Fsp3) is 0.417. The van der Waals surface area contributed by atoms with Crippen molar-refractivity contribution in [3.63, 3.8) is 0 Å². The second-order valence-electron chi connectivity index (χ2n) is 3.89. The van der Waals surface area contributed by atoms with Crippen molar-refractivity contribution in [1.82, 2.24) is 0 Å². The molecule has 1 aliphatic heterocycles. The van der Waals surface area contributed by atoms with E-state index in [1.807, 2.05) is 17.0 Å². The minimum Gasteiger partial charge on any atom is -0.369 e. The SMILES string of the molecule is O=Cc1ccc(N2CCCC(F)C2)cc1. The maximum Gasteiger partial charge on any atom is 0.150 e. The van der Waals surface area contributed by atoms with E-state index in [0.717, 1.165) is 24.9 Å². The van der Waals surface area contributed by atoms with Gasteiger partial charge < -0.3 is 4.90 Å². The Bertz CT molecular complexity index is 336.